The molecule has 0 radical (unpaired) electrons. The van der Waals surface area contributed by atoms with Crippen molar-refractivity contribution in [1.82, 2.24) is 24.3 Å². The molecular weight excluding hydrogens is 473 g/mol. The van der Waals surface area contributed by atoms with Gasteiger partial charge in [-0.15, -0.1) is 0 Å². The molecule has 0 saturated carbocycles. The fraction of sp³-hybridized carbons (Fsp3) is 0.238. The average molecular weight is 494 g/mol. The maximum Gasteiger partial charge on any atom is 0.317 e. The summed E-state index contributed by atoms with van der Waals surface area (Å²) in [7, 11) is -3.85. The molecule has 3 aromatic rings. The highest BCUT2D eigenvalue weighted by molar-refractivity contribution is 7.89. The van der Waals surface area contributed by atoms with Gasteiger partial charge in [-0.25, -0.2) is 17.9 Å². The smallest absolute Gasteiger partial charge is 0.317 e. The summed E-state index contributed by atoms with van der Waals surface area (Å²) >= 11 is 12.2. The van der Waals surface area contributed by atoms with Crippen LogP contribution in [0.2, 0.25) is 10.0 Å². The van der Waals surface area contributed by atoms with E-state index in [4.69, 9.17) is 23.2 Å². The van der Waals surface area contributed by atoms with Gasteiger partial charge in [0, 0.05) is 44.5 Å². The first-order valence-corrected chi connectivity index (χ1v) is 12.1. The summed E-state index contributed by atoms with van der Waals surface area (Å²) in [6.45, 7) is 1.15. The first-order chi connectivity index (χ1) is 15.4. The van der Waals surface area contributed by atoms with E-state index in [0.29, 0.717) is 6.54 Å². The van der Waals surface area contributed by atoms with Gasteiger partial charge in [0.15, 0.2) is 0 Å². The van der Waals surface area contributed by atoms with Gasteiger partial charge in [-0.3, -0.25) is 0 Å². The number of nitrogens with one attached hydrogen (secondary N) is 1. The number of hydrogen-bond donors (Lipinski definition) is 1. The zero-order valence-corrected chi connectivity index (χ0v) is 19.3. The standard InChI is InChI=1S/C21H21Cl2N5O3S/c22-18-7-4-8-19(23)20(18)32(30,31)27-11-9-26(10-12-27)21(29)24-13-16-14-25-28(15-16)17-5-2-1-3-6-17/h1-8,14-15H,9-13H2,(H,24,29). The van der Waals surface area contributed by atoms with Crippen molar-refractivity contribution in [3.05, 3.63) is 76.5 Å². The number of aromatic nitrogens is 2. The summed E-state index contributed by atoms with van der Waals surface area (Å²) in [5.74, 6) is 0. The molecule has 2 aromatic carbocycles. The number of sulfonamides is 1. The fourth-order valence-corrected chi connectivity index (χ4v) is 5.97. The van der Waals surface area contributed by atoms with Gasteiger partial charge in [-0.2, -0.15) is 9.40 Å². The first kappa shape index (κ1) is 22.6. The molecule has 1 aliphatic heterocycles. The van der Waals surface area contributed by atoms with E-state index in [1.807, 2.05) is 36.5 Å². The van der Waals surface area contributed by atoms with Crippen LogP contribution in [0.5, 0.6) is 0 Å². The van der Waals surface area contributed by atoms with Crippen molar-refractivity contribution < 1.29 is 13.2 Å². The van der Waals surface area contributed by atoms with Crippen molar-refractivity contribution in [3.8, 4) is 5.69 Å². The van der Waals surface area contributed by atoms with E-state index in [1.165, 1.54) is 16.4 Å². The SMILES string of the molecule is O=C(NCc1cnn(-c2ccccc2)c1)N1CCN(S(=O)(=O)c2c(Cl)cccc2Cl)CC1. The molecule has 4 rings (SSSR count). The van der Waals surface area contributed by atoms with E-state index in [2.05, 4.69) is 10.4 Å². The molecule has 1 saturated heterocycles. The molecular formula is C21H21Cl2N5O3S. The summed E-state index contributed by atoms with van der Waals surface area (Å²) in [6.07, 6.45) is 3.55. The lowest BCUT2D eigenvalue weighted by Gasteiger charge is -2.34. The number of urea groups is 1. The number of benzene rings is 2. The molecule has 1 aliphatic rings. The Morgan fingerprint density at radius 3 is 2.28 bits per heavy atom. The Morgan fingerprint density at radius 2 is 1.62 bits per heavy atom. The van der Waals surface area contributed by atoms with Crippen LogP contribution in [-0.2, 0) is 16.6 Å². The van der Waals surface area contributed by atoms with Crippen LogP contribution in [0.25, 0.3) is 5.69 Å². The second-order valence-electron chi connectivity index (χ2n) is 7.23. The Kier molecular flexibility index (Phi) is 6.71. The minimum atomic E-state index is -3.85. The third kappa shape index (κ3) is 4.75. The van der Waals surface area contributed by atoms with Crippen LogP contribution in [-0.4, -0.2) is 59.6 Å². The van der Waals surface area contributed by atoms with Gasteiger partial charge in [-0.1, -0.05) is 47.5 Å². The lowest BCUT2D eigenvalue weighted by atomic mass is 10.3. The van der Waals surface area contributed by atoms with E-state index in [1.54, 1.807) is 21.8 Å². The summed E-state index contributed by atoms with van der Waals surface area (Å²) in [5, 5.41) is 7.33. The van der Waals surface area contributed by atoms with Crippen LogP contribution in [0.15, 0.2) is 65.8 Å². The number of carbonyl (C=O) groups excluding carboxylic acids is 1. The minimum absolute atomic E-state index is 0.0775. The molecule has 2 heterocycles. The summed E-state index contributed by atoms with van der Waals surface area (Å²) in [4.78, 5) is 14.0. The monoisotopic (exact) mass is 493 g/mol. The maximum atomic E-state index is 13.0. The quantitative estimate of drug-likeness (QED) is 0.589. The summed E-state index contributed by atoms with van der Waals surface area (Å²) < 4.78 is 29.0. The minimum Gasteiger partial charge on any atom is -0.334 e. The van der Waals surface area contributed by atoms with Gasteiger partial charge in [0.25, 0.3) is 0 Å². The highest BCUT2D eigenvalue weighted by Crippen LogP contribution is 2.31. The highest BCUT2D eigenvalue weighted by atomic mass is 35.5. The van der Waals surface area contributed by atoms with Crippen LogP contribution in [0, 0.1) is 0 Å². The van der Waals surface area contributed by atoms with E-state index < -0.39 is 10.0 Å². The molecule has 168 valence electrons. The second-order valence-corrected chi connectivity index (χ2v) is 9.92. The topological polar surface area (TPSA) is 87.5 Å². The Balaban J connectivity index is 1.33. The van der Waals surface area contributed by atoms with Gasteiger partial charge in [-0.05, 0) is 24.3 Å². The zero-order valence-electron chi connectivity index (χ0n) is 17.0. The van der Waals surface area contributed by atoms with E-state index in [-0.39, 0.29) is 47.2 Å². The maximum absolute atomic E-state index is 13.0. The van der Waals surface area contributed by atoms with Crippen LogP contribution < -0.4 is 5.32 Å². The van der Waals surface area contributed by atoms with Crippen molar-refractivity contribution in [2.45, 2.75) is 11.4 Å². The predicted molar refractivity (Wildman–Crippen MR) is 123 cm³/mol. The lowest BCUT2D eigenvalue weighted by molar-refractivity contribution is 0.172. The van der Waals surface area contributed by atoms with Crippen molar-refractivity contribution >= 4 is 39.3 Å². The molecule has 2 amide bonds. The number of nitrogens with zero attached hydrogens (tertiary/aromatic N) is 4. The Hall–Kier alpha value is -2.59. The van der Waals surface area contributed by atoms with Crippen LogP contribution in [0.4, 0.5) is 4.79 Å². The average Bonchev–Trinajstić information content (AvgIpc) is 3.27. The second kappa shape index (κ2) is 9.50. The van der Waals surface area contributed by atoms with Gasteiger partial charge in [0.1, 0.15) is 4.90 Å². The largest absolute Gasteiger partial charge is 0.334 e. The molecule has 0 bridgehead atoms. The Labute approximate surface area is 196 Å². The summed E-state index contributed by atoms with van der Waals surface area (Å²) in [5.41, 5.74) is 1.79. The number of rotatable bonds is 5. The van der Waals surface area contributed by atoms with Crippen molar-refractivity contribution in [2.24, 2.45) is 0 Å². The van der Waals surface area contributed by atoms with E-state index >= 15 is 0 Å². The molecule has 0 aliphatic carbocycles. The van der Waals surface area contributed by atoms with Gasteiger partial charge < -0.3 is 10.2 Å². The Bertz CT molecular complexity index is 1190. The molecule has 0 spiro atoms. The van der Waals surface area contributed by atoms with Crippen molar-refractivity contribution in [1.29, 1.82) is 0 Å². The van der Waals surface area contributed by atoms with Gasteiger partial charge in [0.2, 0.25) is 10.0 Å². The molecule has 0 unspecified atom stereocenters. The number of amides is 2. The number of halogens is 2. The third-order valence-corrected chi connectivity index (χ3v) is 8.00. The summed E-state index contributed by atoms with van der Waals surface area (Å²) in [6, 6.07) is 14.0. The molecule has 0 atom stereocenters. The highest BCUT2D eigenvalue weighted by Gasteiger charge is 2.32. The van der Waals surface area contributed by atoms with E-state index in [9.17, 15) is 13.2 Å². The van der Waals surface area contributed by atoms with Crippen LogP contribution in [0.3, 0.4) is 0 Å². The number of para-hydroxylation sites is 1. The fourth-order valence-electron chi connectivity index (χ4n) is 3.45. The normalized spacial score (nSPS) is 15.0. The molecule has 1 N–H and O–H groups in total. The first-order valence-electron chi connectivity index (χ1n) is 9.92. The molecule has 11 heteroatoms. The van der Waals surface area contributed by atoms with Crippen molar-refractivity contribution in [3.63, 3.8) is 0 Å². The van der Waals surface area contributed by atoms with Crippen LogP contribution >= 0.6 is 23.2 Å². The molecule has 8 nitrogen and oxygen atoms in total. The number of carbonyl (C=O) groups is 1. The third-order valence-electron chi connectivity index (χ3n) is 5.14. The molecule has 1 fully saturated rings. The Morgan fingerprint density at radius 1 is 0.969 bits per heavy atom. The zero-order chi connectivity index (χ0) is 22.7. The van der Waals surface area contributed by atoms with Crippen LogP contribution in [0.1, 0.15) is 5.56 Å². The van der Waals surface area contributed by atoms with E-state index in [0.717, 1.165) is 11.3 Å². The number of hydrogen-bond acceptors (Lipinski definition) is 4. The number of piperazine rings is 1. The van der Waals surface area contributed by atoms with Gasteiger partial charge in [0.05, 0.1) is 21.9 Å². The van der Waals surface area contributed by atoms with Crippen molar-refractivity contribution in [2.75, 3.05) is 26.2 Å². The lowest BCUT2D eigenvalue weighted by Crippen LogP contribution is -2.53. The predicted octanol–water partition coefficient (Wildman–Crippen LogP) is 3.40. The van der Waals surface area contributed by atoms with Gasteiger partial charge >= 0.3 is 6.03 Å². The molecule has 32 heavy (non-hydrogen) atoms. The molecule has 1 aromatic heterocycles.